The Kier molecular flexibility index (Phi) is 5.58. The maximum atomic E-state index is 13.9. The summed E-state index contributed by atoms with van der Waals surface area (Å²) >= 11 is 0. The van der Waals surface area contributed by atoms with E-state index in [1.807, 2.05) is 6.08 Å². The molecule has 0 amide bonds. The van der Waals surface area contributed by atoms with Crippen LogP contribution < -0.4 is 0 Å². The van der Waals surface area contributed by atoms with Crippen molar-refractivity contribution < 1.29 is 24.2 Å². The summed E-state index contributed by atoms with van der Waals surface area (Å²) in [7, 11) is 0. The molecule has 1 aliphatic heterocycles. The minimum Gasteiger partial charge on any atom is -0.393 e. The van der Waals surface area contributed by atoms with Gasteiger partial charge in [-0.2, -0.15) is 0 Å². The molecular weight excluding hydrogens is 416 g/mol. The van der Waals surface area contributed by atoms with Crippen molar-refractivity contribution in [1.82, 2.24) is 0 Å². The van der Waals surface area contributed by atoms with Crippen LogP contribution in [0.25, 0.3) is 0 Å². The van der Waals surface area contributed by atoms with E-state index in [1.165, 1.54) is 0 Å². The van der Waals surface area contributed by atoms with Gasteiger partial charge in [0.05, 0.1) is 12.2 Å². The van der Waals surface area contributed by atoms with Gasteiger partial charge in [0.2, 0.25) is 0 Å². The van der Waals surface area contributed by atoms with Gasteiger partial charge in [0.1, 0.15) is 0 Å². The van der Waals surface area contributed by atoms with Gasteiger partial charge in [0.15, 0.2) is 23.5 Å². The second-order valence-corrected chi connectivity index (χ2v) is 12.2. The minimum absolute atomic E-state index is 0.0439. The number of hydrogen-bond acceptors (Lipinski definition) is 5. The first-order valence-corrected chi connectivity index (χ1v) is 13.1. The van der Waals surface area contributed by atoms with Crippen molar-refractivity contribution in [1.29, 1.82) is 0 Å². The quantitative estimate of drug-likeness (QED) is 0.645. The highest BCUT2D eigenvalue weighted by atomic mass is 16.7. The number of aliphatic hydroxyl groups excluding tert-OH is 1. The number of ketones is 2. The Hall–Kier alpha value is -1.30. The summed E-state index contributed by atoms with van der Waals surface area (Å²) < 4.78 is 13.1. The van der Waals surface area contributed by atoms with E-state index in [1.54, 1.807) is 12.2 Å². The zero-order valence-corrected chi connectivity index (χ0v) is 20.8. The number of rotatable bonds is 5. The topological polar surface area (TPSA) is 72.8 Å². The summed E-state index contributed by atoms with van der Waals surface area (Å²) in [4.78, 5) is 26.0. The summed E-state index contributed by atoms with van der Waals surface area (Å²) in [6.07, 6.45) is 9.70. The fourth-order valence-electron chi connectivity index (χ4n) is 8.53. The van der Waals surface area contributed by atoms with Crippen LogP contribution in [0.4, 0.5) is 0 Å². The van der Waals surface area contributed by atoms with Crippen LogP contribution in [0, 0.1) is 34.5 Å². The first-order valence-electron chi connectivity index (χ1n) is 13.1. The predicted octanol–water partition coefficient (Wildman–Crippen LogP) is 4.77. The fraction of sp³-hybridized carbons (Fsp3) is 0.786. The first kappa shape index (κ1) is 23.4. The molecule has 1 N–H and O–H groups in total. The summed E-state index contributed by atoms with van der Waals surface area (Å²) in [5.74, 6) is 1.01. The number of carbonyl (C=O) groups excluding carboxylic acids is 2. The molecule has 0 aromatic carbocycles. The highest BCUT2D eigenvalue weighted by Crippen LogP contribution is 2.70. The lowest BCUT2D eigenvalue weighted by Gasteiger charge is -2.59. The van der Waals surface area contributed by atoms with Crippen LogP contribution in [0.5, 0.6) is 0 Å². The van der Waals surface area contributed by atoms with Gasteiger partial charge in [-0.3, -0.25) is 9.59 Å². The monoisotopic (exact) mass is 456 g/mol. The molecule has 4 aliphatic carbocycles. The Balaban J connectivity index is 1.55. The van der Waals surface area contributed by atoms with Crippen LogP contribution in [0.3, 0.4) is 0 Å². The fourth-order valence-corrected chi connectivity index (χ4v) is 8.53. The number of ether oxygens (including phenoxy) is 2. The largest absolute Gasteiger partial charge is 0.393 e. The normalized spacial score (nSPS) is 48.2. The molecule has 5 aliphatic rings. The predicted molar refractivity (Wildman–Crippen MR) is 125 cm³/mol. The standard InChI is InChI=1S/C28H40O5/c1-6-7-24-32-23-14-20-19-9-8-17-13-18(29)10-11-26(17,4)25(19)21(30)15-27(20,5)28(23,33-24)22(31)12-16(2)3/h10-11,13,16,19-21,23-25,30H,6-9,12,14-15H2,1-5H3/t19-,20-,21-,23+,24?,25+,26-,27-,28+/m0/s1. The molecule has 1 saturated heterocycles. The molecule has 3 saturated carbocycles. The zero-order chi connectivity index (χ0) is 23.8. The Morgan fingerprint density at radius 2 is 2.06 bits per heavy atom. The van der Waals surface area contributed by atoms with Crippen LogP contribution in [-0.4, -0.2) is 40.8 Å². The Morgan fingerprint density at radius 1 is 1.30 bits per heavy atom. The molecule has 5 heteroatoms. The number of carbonyl (C=O) groups is 2. The van der Waals surface area contributed by atoms with Crippen molar-refractivity contribution in [2.24, 2.45) is 34.5 Å². The first-order chi connectivity index (χ1) is 15.6. The van der Waals surface area contributed by atoms with E-state index in [2.05, 4.69) is 34.6 Å². The molecule has 1 heterocycles. The van der Waals surface area contributed by atoms with E-state index >= 15 is 0 Å². The molecule has 1 unspecified atom stereocenters. The summed E-state index contributed by atoms with van der Waals surface area (Å²) in [5, 5.41) is 11.7. The minimum atomic E-state index is -0.969. The molecule has 33 heavy (non-hydrogen) atoms. The van der Waals surface area contributed by atoms with Crippen molar-refractivity contribution >= 4 is 11.6 Å². The molecule has 4 fully saturated rings. The average Bonchev–Trinajstić information content (AvgIpc) is 3.20. The van der Waals surface area contributed by atoms with Crippen molar-refractivity contribution in [3.8, 4) is 0 Å². The van der Waals surface area contributed by atoms with Crippen molar-refractivity contribution in [3.63, 3.8) is 0 Å². The van der Waals surface area contributed by atoms with Crippen molar-refractivity contribution in [2.75, 3.05) is 0 Å². The molecular formula is C28H40O5. The van der Waals surface area contributed by atoms with E-state index in [0.29, 0.717) is 12.8 Å². The van der Waals surface area contributed by atoms with Gasteiger partial charge in [-0.25, -0.2) is 0 Å². The van der Waals surface area contributed by atoms with E-state index < -0.39 is 17.1 Å². The lowest BCUT2D eigenvalue weighted by Crippen LogP contribution is -2.63. The molecule has 182 valence electrons. The van der Waals surface area contributed by atoms with E-state index in [0.717, 1.165) is 37.7 Å². The van der Waals surface area contributed by atoms with Crippen LogP contribution in [0.2, 0.25) is 0 Å². The third kappa shape index (κ3) is 3.14. The number of fused-ring (bicyclic) bond motifs is 7. The van der Waals surface area contributed by atoms with Crippen molar-refractivity contribution in [3.05, 3.63) is 23.8 Å². The highest BCUT2D eigenvalue weighted by molar-refractivity contribution is 6.01. The molecule has 5 rings (SSSR count). The SMILES string of the molecule is CCCC1O[C@@H]2C[C@H]3[C@@H]4CCC5=CC(=O)C=C[C@]5(C)[C@H]4[C@@H](O)C[C@]3(C)[C@]2(C(=O)CC(C)C)O1. The molecule has 0 aromatic rings. The number of Topliss-reactive ketones (excluding diaryl/α,β-unsaturated/α-hetero) is 1. The third-order valence-corrected chi connectivity index (χ3v) is 9.82. The highest BCUT2D eigenvalue weighted by Gasteiger charge is 2.75. The third-order valence-electron chi connectivity index (χ3n) is 9.82. The van der Waals surface area contributed by atoms with Crippen LogP contribution in [0.1, 0.15) is 79.6 Å². The van der Waals surface area contributed by atoms with Crippen LogP contribution in [-0.2, 0) is 19.1 Å². The van der Waals surface area contributed by atoms with Gasteiger partial charge < -0.3 is 14.6 Å². The van der Waals surface area contributed by atoms with E-state index in [4.69, 9.17) is 9.47 Å². The Labute approximate surface area is 198 Å². The molecule has 0 bridgehead atoms. The second-order valence-electron chi connectivity index (χ2n) is 12.2. The molecule has 5 nitrogen and oxygen atoms in total. The average molecular weight is 457 g/mol. The van der Waals surface area contributed by atoms with Gasteiger partial charge in [0.25, 0.3) is 0 Å². The summed E-state index contributed by atoms with van der Waals surface area (Å²) in [6, 6.07) is 0. The molecule has 9 atom stereocenters. The lowest BCUT2D eigenvalue weighted by atomic mass is 9.46. The van der Waals surface area contributed by atoms with Gasteiger partial charge in [-0.05, 0) is 62.0 Å². The number of aliphatic hydroxyl groups is 1. The maximum absolute atomic E-state index is 13.9. The number of hydrogen-bond donors (Lipinski definition) is 1. The van der Waals surface area contributed by atoms with E-state index in [-0.39, 0.29) is 53.0 Å². The molecule has 0 aromatic heterocycles. The maximum Gasteiger partial charge on any atom is 0.178 e. The lowest BCUT2D eigenvalue weighted by molar-refractivity contribution is -0.199. The Bertz CT molecular complexity index is 904. The summed E-state index contributed by atoms with van der Waals surface area (Å²) in [5.41, 5.74) is -0.587. The zero-order valence-electron chi connectivity index (χ0n) is 20.8. The Morgan fingerprint density at radius 3 is 2.76 bits per heavy atom. The van der Waals surface area contributed by atoms with Crippen LogP contribution >= 0.6 is 0 Å². The molecule has 0 radical (unpaired) electrons. The van der Waals surface area contributed by atoms with Gasteiger partial charge in [0, 0.05) is 23.2 Å². The second kappa shape index (κ2) is 7.86. The van der Waals surface area contributed by atoms with Gasteiger partial charge >= 0.3 is 0 Å². The summed E-state index contributed by atoms with van der Waals surface area (Å²) in [6.45, 7) is 10.6. The van der Waals surface area contributed by atoms with E-state index in [9.17, 15) is 14.7 Å². The number of allylic oxidation sites excluding steroid dienone is 4. The smallest absolute Gasteiger partial charge is 0.178 e. The van der Waals surface area contributed by atoms with Crippen LogP contribution in [0.15, 0.2) is 23.8 Å². The molecule has 0 spiro atoms. The van der Waals surface area contributed by atoms with Gasteiger partial charge in [-0.15, -0.1) is 0 Å². The van der Waals surface area contributed by atoms with Crippen molar-refractivity contribution in [2.45, 2.75) is 104 Å². The van der Waals surface area contributed by atoms with Gasteiger partial charge in [-0.1, -0.05) is 52.7 Å².